The number of carbonyl (C=O) groups excluding carboxylic acids is 2. The summed E-state index contributed by atoms with van der Waals surface area (Å²) in [5, 5.41) is 2.52. The van der Waals surface area contributed by atoms with Crippen LogP contribution in [0.25, 0.3) is 0 Å². The molecule has 1 saturated heterocycles. The molecule has 2 atom stereocenters. The van der Waals surface area contributed by atoms with Gasteiger partial charge in [0.25, 0.3) is 0 Å². The second-order valence-corrected chi connectivity index (χ2v) is 3.54. The van der Waals surface area contributed by atoms with Crippen LogP contribution in [0.4, 0.5) is 0 Å². The molecule has 0 aromatic carbocycles. The fourth-order valence-electron chi connectivity index (χ4n) is 1.32. The summed E-state index contributed by atoms with van der Waals surface area (Å²) in [5.41, 5.74) is 5.40. The SMILES string of the molecule is CCOC(=O)C(N)C(=O)NCC1COCCO1. The van der Waals surface area contributed by atoms with Crippen LogP contribution in [0.15, 0.2) is 0 Å². The number of ether oxygens (including phenoxy) is 3. The molecule has 0 saturated carbocycles. The fourth-order valence-corrected chi connectivity index (χ4v) is 1.32. The molecule has 0 bridgehead atoms. The van der Waals surface area contributed by atoms with E-state index in [1.54, 1.807) is 6.92 Å². The molecule has 0 aliphatic carbocycles. The van der Waals surface area contributed by atoms with Gasteiger partial charge in [-0.15, -0.1) is 0 Å². The summed E-state index contributed by atoms with van der Waals surface area (Å²) in [6.45, 7) is 3.60. The van der Waals surface area contributed by atoms with Crippen molar-refractivity contribution >= 4 is 11.9 Å². The van der Waals surface area contributed by atoms with Crippen molar-refractivity contribution < 1.29 is 23.8 Å². The molecule has 3 N–H and O–H groups in total. The molecule has 2 unspecified atom stereocenters. The largest absolute Gasteiger partial charge is 0.464 e. The normalized spacial score (nSPS) is 21.6. The first-order chi connectivity index (χ1) is 8.15. The molecule has 0 radical (unpaired) electrons. The van der Waals surface area contributed by atoms with Crippen molar-refractivity contribution in [2.24, 2.45) is 5.73 Å². The van der Waals surface area contributed by atoms with E-state index >= 15 is 0 Å². The zero-order chi connectivity index (χ0) is 12.7. The number of amides is 1. The highest BCUT2D eigenvalue weighted by Crippen LogP contribution is 1.99. The van der Waals surface area contributed by atoms with E-state index in [9.17, 15) is 9.59 Å². The molecule has 7 nitrogen and oxygen atoms in total. The van der Waals surface area contributed by atoms with Gasteiger partial charge in [0, 0.05) is 6.54 Å². The van der Waals surface area contributed by atoms with Gasteiger partial charge in [-0.25, -0.2) is 4.79 Å². The second-order valence-electron chi connectivity index (χ2n) is 3.54. The van der Waals surface area contributed by atoms with Gasteiger partial charge in [-0.3, -0.25) is 4.79 Å². The van der Waals surface area contributed by atoms with Crippen molar-refractivity contribution in [2.75, 3.05) is 33.0 Å². The quantitative estimate of drug-likeness (QED) is 0.448. The van der Waals surface area contributed by atoms with Crippen molar-refractivity contribution in [1.29, 1.82) is 0 Å². The van der Waals surface area contributed by atoms with Gasteiger partial charge in [-0.05, 0) is 6.92 Å². The molecule has 17 heavy (non-hydrogen) atoms. The van der Waals surface area contributed by atoms with Crippen LogP contribution in [0.3, 0.4) is 0 Å². The van der Waals surface area contributed by atoms with Crippen LogP contribution in [0.2, 0.25) is 0 Å². The number of carbonyl (C=O) groups is 2. The van der Waals surface area contributed by atoms with Crippen LogP contribution in [0.5, 0.6) is 0 Å². The molecule has 1 aliphatic heterocycles. The lowest BCUT2D eigenvalue weighted by Crippen LogP contribution is -2.49. The summed E-state index contributed by atoms with van der Waals surface area (Å²) < 4.78 is 15.1. The molecule has 1 heterocycles. The zero-order valence-electron chi connectivity index (χ0n) is 9.81. The minimum absolute atomic E-state index is 0.193. The van der Waals surface area contributed by atoms with Gasteiger partial charge < -0.3 is 25.3 Å². The fraction of sp³-hybridized carbons (Fsp3) is 0.800. The third kappa shape index (κ3) is 4.68. The molecule has 0 aromatic rings. The molecule has 0 aromatic heterocycles. The van der Waals surface area contributed by atoms with Gasteiger partial charge in [-0.2, -0.15) is 0 Å². The van der Waals surface area contributed by atoms with Crippen molar-refractivity contribution in [3.8, 4) is 0 Å². The summed E-state index contributed by atoms with van der Waals surface area (Å²) in [7, 11) is 0. The van der Waals surface area contributed by atoms with E-state index in [2.05, 4.69) is 10.1 Å². The Morgan fingerprint density at radius 3 is 2.88 bits per heavy atom. The van der Waals surface area contributed by atoms with Gasteiger partial charge in [-0.1, -0.05) is 0 Å². The lowest BCUT2D eigenvalue weighted by Gasteiger charge is -2.23. The van der Waals surface area contributed by atoms with Gasteiger partial charge in [0.2, 0.25) is 5.91 Å². The van der Waals surface area contributed by atoms with Crippen LogP contribution in [-0.4, -0.2) is 57.0 Å². The third-order valence-corrected chi connectivity index (χ3v) is 2.21. The summed E-state index contributed by atoms with van der Waals surface area (Å²) in [6, 6.07) is -1.29. The summed E-state index contributed by atoms with van der Waals surface area (Å²) in [4.78, 5) is 22.6. The third-order valence-electron chi connectivity index (χ3n) is 2.21. The molecule has 98 valence electrons. The minimum atomic E-state index is -1.29. The van der Waals surface area contributed by atoms with Gasteiger partial charge >= 0.3 is 5.97 Å². The van der Waals surface area contributed by atoms with E-state index in [0.717, 1.165) is 0 Å². The molecular formula is C10H18N2O5. The summed E-state index contributed by atoms with van der Waals surface area (Å²) >= 11 is 0. The van der Waals surface area contributed by atoms with Gasteiger partial charge in [0.05, 0.1) is 32.5 Å². The van der Waals surface area contributed by atoms with E-state index in [1.807, 2.05) is 0 Å². The Morgan fingerprint density at radius 2 is 2.29 bits per heavy atom. The van der Waals surface area contributed by atoms with Gasteiger partial charge in [0.15, 0.2) is 6.04 Å². The highest BCUT2D eigenvalue weighted by atomic mass is 16.6. The Labute approximate surface area is 99.6 Å². The minimum Gasteiger partial charge on any atom is -0.464 e. The van der Waals surface area contributed by atoms with E-state index < -0.39 is 17.9 Å². The number of hydrogen-bond donors (Lipinski definition) is 2. The van der Waals surface area contributed by atoms with Crippen LogP contribution >= 0.6 is 0 Å². The van der Waals surface area contributed by atoms with E-state index in [1.165, 1.54) is 0 Å². The molecule has 1 amide bonds. The maximum Gasteiger partial charge on any atom is 0.332 e. The second kappa shape index (κ2) is 7.21. The number of rotatable bonds is 5. The van der Waals surface area contributed by atoms with Crippen molar-refractivity contribution in [3.05, 3.63) is 0 Å². The monoisotopic (exact) mass is 246 g/mol. The standard InChI is InChI=1S/C10H18N2O5/c1-2-16-10(14)8(11)9(13)12-5-7-6-15-3-4-17-7/h7-8H,2-6,11H2,1H3,(H,12,13). The van der Waals surface area contributed by atoms with Gasteiger partial charge in [0.1, 0.15) is 0 Å². The van der Waals surface area contributed by atoms with Crippen LogP contribution < -0.4 is 11.1 Å². The van der Waals surface area contributed by atoms with Crippen molar-refractivity contribution in [1.82, 2.24) is 5.32 Å². The van der Waals surface area contributed by atoms with E-state index in [-0.39, 0.29) is 19.3 Å². The Hall–Kier alpha value is -1.18. The maximum absolute atomic E-state index is 11.5. The number of hydrogen-bond acceptors (Lipinski definition) is 6. The lowest BCUT2D eigenvalue weighted by atomic mass is 10.2. The summed E-state index contributed by atoms with van der Waals surface area (Å²) in [5.74, 6) is -1.30. The Morgan fingerprint density at radius 1 is 1.53 bits per heavy atom. The topological polar surface area (TPSA) is 99.9 Å². The predicted octanol–water partition coefficient (Wildman–Crippen LogP) is -1.59. The highest BCUT2D eigenvalue weighted by Gasteiger charge is 2.24. The lowest BCUT2D eigenvalue weighted by molar-refractivity contribution is -0.148. The molecule has 7 heteroatoms. The van der Waals surface area contributed by atoms with E-state index in [0.29, 0.717) is 19.8 Å². The van der Waals surface area contributed by atoms with Crippen LogP contribution in [0.1, 0.15) is 6.92 Å². The average Bonchev–Trinajstić information content (AvgIpc) is 2.36. The summed E-state index contributed by atoms with van der Waals surface area (Å²) in [6.07, 6.45) is -0.193. The predicted molar refractivity (Wildman–Crippen MR) is 58.2 cm³/mol. The first-order valence-electron chi connectivity index (χ1n) is 5.54. The zero-order valence-corrected chi connectivity index (χ0v) is 9.81. The van der Waals surface area contributed by atoms with Crippen molar-refractivity contribution in [2.45, 2.75) is 19.1 Å². The first kappa shape index (κ1) is 13.9. The molecule has 1 aliphatic rings. The van der Waals surface area contributed by atoms with Crippen LogP contribution in [0, 0.1) is 0 Å². The molecule has 1 fully saturated rings. The number of nitrogens with two attached hydrogens (primary N) is 1. The number of esters is 1. The smallest absolute Gasteiger partial charge is 0.332 e. The number of nitrogens with one attached hydrogen (secondary N) is 1. The molecular weight excluding hydrogens is 228 g/mol. The highest BCUT2D eigenvalue weighted by molar-refractivity contribution is 6.01. The molecule has 1 rings (SSSR count). The average molecular weight is 246 g/mol. The Bertz CT molecular complexity index is 265. The Kier molecular flexibility index (Phi) is 5.88. The Balaban J connectivity index is 2.25. The first-order valence-corrected chi connectivity index (χ1v) is 5.54. The maximum atomic E-state index is 11.5. The van der Waals surface area contributed by atoms with E-state index in [4.69, 9.17) is 15.2 Å². The van der Waals surface area contributed by atoms with Crippen molar-refractivity contribution in [3.63, 3.8) is 0 Å². The molecule has 0 spiro atoms. The van der Waals surface area contributed by atoms with Crippen LogP contribution in [-0.2, 0) is 23.8 Å².